The van der Waals surface area contributed by atoms with Crippen molar-refractivity contribution in [3.63, 3.8) is 0 Å². The van der Waals surface area contributed by atoms with E-state index < -0.39 is 0 Å². The van der Waals surface area contributed by atoms with E-state index in [-0.39, 0.29) is 12.1 Å². The van der Waals surface area contributed by atoms with Crippen molar-refractivity contribution in [1.82, 2.24) is 0 Å². The normalized spacial score (nSPS) is 24.3. The smallest absolute Gasteiger partial charge is 0.161 e. The van der Waals surface area contributed by atoms with Gasteiger partial charge in [-0.2, -0.15) is 0 Å². The Morgan fingerprint density at radius 3 is 2.47 bits per heavy atom. The second-order valence-electron chi connectivity index (χ2n) is 5.19. The highest BCUT2D eigenvalue weighted by Gasteiger charge is 2.22. The minimum absolute atomic E-state index is 0.113. The van der Waals surface area contributed by atoms with E-state index in [9.17, 15) is 0 Å². The lowest BCUT2D eigenvalue weighted by atomic mass is 9.95. The zero-order chi connectivity index (χ0) is 13.5. The molecule has 3 heteroatoms. The third-order valence-corrected chi connectivity index (χ3v) is 3.68. The summed E-state index contributed by atoms with van der Waals surface area (Å²) < 4.78 is 11.7. The molecular weight excluding hydrogens is 238 g/mol. The van der Waals surface area contributed by atoms with Gasteiger partial charge in [-0.1, -0.05) is 31.4 Å². The Morgan fingerprint density at radius 2 is 1.74 bits per heavy atom. The van der Waals surface area contributed by atoms with Gasteiger partial charge < -0.3 is 15.2 Å². The summed E-state index contributed by atoms with van der Waals surface area (Å²) in [6.07, 6.45) is 7.23. The van der Waals surface area contributed by atoms with Gasteiger partial charge in [-0.25, -0.2) is 0 Å². The quantitative estimate of drug-likeness (QED) is 0.904. The van der Waals surface area contributed by atoms with Gasteiger partial charge in [-0.15, -0.1) is 0 Å². The highest BCUT2D eigenvalue weighted by Crippen LogP contribution is 2.30. The molecule has 0 saturated heterocycles. The van der Waals surface area contributed by atoms with Gasteiger partial charge >= 0.3 is 0 Å². The van der Waals surface area contributed by atoms with Gasteiger partial charge in [-0.05, 0) is 38.3 Å². The van der Waals surface area contributed by atoms with Gasteiger partial charge in [0.15, 0.2) is 11.5 Å². The van der Waals surface area contributed by atoms with Gasteiger partial charge in [0.1, 0.15) is 6.10 Å². The SMILES string of the molecule is CCOc1ccccc1OC1CCCCCCC1N. The molecule has 2 atom stereocenters. The van der Waals surface area contributed by atoms with Crippen LogP contribution >= 0.6 is 0 Å². The summed E-state index contributed by atoms with van der Waals surface area (Å²) in [6, 6.07) is 8.00. The van der Waals surface area contributed by atoms with Crippen LogP contribution in [-0.2, 0) is 0 Å². The van der Waals surface area contributed by atoms with E-state index in [0.29, 0.717) is 6.61 Å². The van der Waals surface area contributed by atoms with Crippen molar-refractivity contribution in [2.24, 2.45) is 5.73 Å². The number of benzene rings is 1. The number of rotatable bonds is 4. The maximum atomic E-state index is 6.25. The van der Waals surface area contributed by atoms with E-state index in [4.69, 9.17) is 15.2 Å². The maximum absolute atomic E-state index is 6.25. The standard InChI is InChI=1S/C16H25NO2/c1-2-18-15-11-7-8-12-16(15)19-14-10-6-4-3-5-9-13(14)17/h7-8,11-14H,2-6,9-10,17H2,1H3. The Kier molecular flexibility index (Phi) is 5.52. The first-order valence-electron chi connectivity index (χ1n) is 7.45. The van der Waals surface area contributed by atoms with E-state index in [1.54, 1.807) is 0 Å². The molecule has 0 radical (unpaired) electrons. The Hall–Kier alpha value is -1.22. The molecule has 1 fully saturated rings. The molecule has 0 spiro atoms. The highest BCUT2D eigenvalue weighted by atomic mass is 16.5. The molecule has 2 rings (SSSR count). The van der Waals surface area contributed by atoms with Crippen molar-refractivity contribution in [2.45, 2.75) is 57.6 Å². The molecule has 106 valence electrons. The molecule has 19 heavy (non-hydrogen) atoms. The fraction of sp³-hybridized carbons (Fsp3) is 0.625. The van der Waals surface area contributed by atoms with Gasteiger partial charge in [0.25, 0.3) is 0 Å². The predicted octanol–water partition coefficient (Wildman–Crippen LogP) is 3.51. The molecular formula is C16H25NO2. The summed E-state index contributed by atoms with van der Waals surface area (Å²) in [5.41, 5.74) is 6.25. The largest absolute Gasteiger partial charge is 0.490 e. The Bertz CT molecular complexity index is 381. The molecule has 2 N–H and O–H groups in total. The van der Waals surface area contributed by atoms with Crippen LogP contribution in [0, 0.1) is 0 Å². The average molecular weight is 263 g/mol. The first kappa shape index (κ1) is 14.2. The summed E-state index contributed by atoms with van der Waals surface area (Å²) in [6.45, 7) is 2.63. The molecule has 1 aliphatic rings. The second-order valence-corrected chi connectivity index (χ2v) is 5.19. The van der Waals surface area contributed by atoms with Crippen molar-refractivity contribution in [1.29, 1.82) is 0 Å². The molecule has 0 amide bonds. The lowest BCUT2D eigenvalue weighted by molar-refractivity contribution is 0.138. The lowest BCUT2D eigenvalue weighted by Gasteiger charge is -2.27. The van der Waals surface area contributed by atoms with Crippen molar-refractivity contribution >= 4 is 0 Å². The minimum atomic E-state index is 0.113. The first-order chi connectivity index (χ1) is 9.31. The molecule has 2 unspecified atom stereocenters. The Labute approximate surface area is 116 Å². The van der Waals surface area contributed by atoms with Gasteiger partial charge in [0.05, 0.1) is 6.61 Å². The molecule has 1 aromatic carbocycles. The van der Waals surface area contributed by atoms with Crippen LogP contribution in [0.15, 0.2) is 24.3 Å². The van der Waals surface area contributed by atoms with Crippen LogP contribution in [0.5, 0.6) is 11.5 Å². The fourth-order valence-electron chi connectivity index (χ4n) is 2.61. The van der Waals surface area contributed by atoms with Crippen molar-refractivity contribution in [3.8, 4) is 11.5 Å². The molecule has 0 aliphatic heterocycles. The number of para-hydroxylation sites is 2. The van der Waals surface area contributed by atoms with Crippen LogP contribution in [0.3, 0.4) is 0 Å². The first-order valence-corrected chi connectivity index (χ1v) is 7.45. The van der Waals surface area contributed by atoms with Crippen LogP contribution in [0.2, 0.25) is 0 Å². The van der Waals surface area contributed by atoms with E-state index >= 15 is 0 Å². The average Bonchev–Trinajstić information content (AvgIpc) is 2.41. The van der Waals surface area contributed by atoms with Crippen LogP contribution in [-0.4, -0.2) is 18.8 Å². The Balaban J connectivity index is 2.05. The van der Waals surface area contributed by atoms with Crippen molar-refractivity contribution in [2.75, 3.05) is 6.61 Å². The second kappa shape index (κ2) is 7.39. The monoisotopic (exact) mass is 263 g/mol. The maximum Gasteiger partial charge on any atom is 0.161 e. The summed E-state index contributed by atoms with van der Waals surface area (Å²) in [7, 11) is 0. The molecule has 0 heterocycles. The lowest BCUT2D eigenvalue weighted by Crippen LogP contribution is -2.39. The van der Waals surface area contributed by atoms with E-state index in [1.807, 2.05) is 31.2 Å². The number of nitrogens with two attached hydrogens (primary N) is 1. The van der Waals surface area contributed by atoms with Gasteiger partial charge in [-0.3, -0.25) is 0 Å². The summed E-state index contributed by atoms with van der Waals surface area (Å²) >= 11 is 0. The molecule has 0 bridgehead atoms. The summed E-state index contributed by atoms with van der Waals surface area (Å²) in [4.78, 5) is 0. The molecule has 3 nitrogen and oxygen atoms in total. The van der Waals surface area contributed by atoms with E-state index in [2.05, 4.69) is 0 Å². The summed E-state index contributed by atoms with van der Waals surface area (Å²) in [5.74, 6) is 1.64. The zero-order valence-corrected chi connectivity index (χ0v) is 11.8. The Morgan fingerprint density at radius 1 is 1.05 bits per heavy atom. The topological polar surface area (TPSA) is 44.5 Å². The van der Waals surface area contributed by atoms with Crippen molar-refractivity contribution in [3.05, 3.63) is 24.3 Å². The number of ether oxygens (including phenoxy) is 2. The molecule has 0 aromatic heterocycles. The third-order valence-electron chi connectivity index (χ3n) is 3.68. The molecule has 1 saturated carbocycles. The van der Waals surface area contributed by atoms with Gasteiger partial charge in [0, 0.05) is 6.04 Å². The van der Waals surface area contributed by atoms with Crippen LogP contribution < -0.4 is 15.2 Å². The number of hydrogen-bond donors (Lipinski definition) is 1. The predicted molar refractivity (Wildman–Crippen MR) is 77.7 cm³/mol. The highest BCUT2D eigenvalue weighted by molar-refractivity contribution is 5.39. The van der Waals surface area contributed by atoms with Crippen molar-refractivity contribution < 1.29 is 9.47 Å². The van der Waals surface area contributed by atoms with Crippen LogP contribution in [0.25, 0.3) is 0 Å². The van der Waals surface area contributed by atoms with Crippen LogP contribution in [0.4, 0.5) is 0 Å². The molecule has 1 aromatic rings. The summed E-state index contributed by atoms with van der Waals surface area (Å²) in [5, 5.41) is 0. The minimum Gasteiger partial charge on any atom is -0.490 e. The van der Waals surface area contributed by atoms with Crippen LogP contribution in [0.1, 0.15) is 45.4 Å². The fourth-order valence-corrected chi connectivity index (χ4v) is 2.61. The molecule has 1 aliphatic carbocycles. The van der Waals surface area contributed by atoms with E-state index in [1.165, 1.54) is 25.7 Å². The zero-order valence-electron chi connectivity index (χ0n) is 11.8. The number of hydrogen-bond acceptors (Lipinski definition) is 3. The van der Waals surface area contributed by atoms with E-state index in [0.717, 1.165) is 24.3 Å². The third kappa shape index (κ3) is 4.13. The van der Waals surface area contributed by atoms with Gasteiger partial charge in [0.2, 0.25) is 0 Å².